The van der Waals surface area contributed by atoms with Crippen LogP contribution < -0.4 is 16.3 Å². The SMILES string of the molecule is CC1=NNC(=O)N(NC(=O)N/N=C(\C)c2ccc(Cl)cc2Cl)C1. The van der Waals surface area contributed by atoms with Crippen molar-refractivity contribution < 1.29 is 9.59 Å². The molecule has 1 aromatic carbocycles. The van der Waals surface area contributed by atoms with Crippen LogP contribution in [0, 0.1) is 0 Å². The second kappa shape index (κ2) is 7.30. The van der Waals surface area contributed by atoms with E-state index in [2.05, 4.69) is 26.5 Å². The highest BCUT2D eigenvalue weighted by molar-refractivity contribution is 6.37. The molecule has 122 valence electrons. The highest BCUT2D eigenvalue weighted by Crippen LogP contribution is 2.21. The van der Waals surface area contributed by atoms with Crippen molar-refractivity contribution >= 4 is 46.7 Å². The molecule has 1 aliphatic heterocycles. The van der Waals surface area contributed by atoms with E-state index in [1.54, 1.807) is 32.0 Å². The van der Waals surface area contributed by atoms with Crippen molar-refractivity contribution in [2.75, 3.05) is 6.54 Å². The minimum atomic E-state index is -0.667. The molecule has 1 aliphatic rings. The standard InChI is InChI=1S/C13H14Cl2N6O2/c1-7-6-21(13(23)19-16-7)20-12(22)18-17-8(2)10-4-3-9(14)5-11(10)15/h3-5H,6H2,1-2H3,(H,19,23)(H2,18,20,22)/b17-8+. The maximum atomic E-state index is 11.8. The van der Waals surface area contributed by atoms with Gasteiger partial charge in [0.1, 0.15) is 0 Å². The summed E-state index contributed by atoms with van der Waals surface area (Å²) in [5, 5.41) is 9.69. The van der Waals surface area contributed by atoms with E-state index in [-0.39, 0.29) is 6.54 Å². The average molecular weight is 357 g/mol. The number of benzene rings is 1. The zero-order valence-corrected chi connectivity index (χ0v) is 13.9. The number of hydrazone groups is 2. The Labute approximate surface area is 142 Å². The first kappa shape index (κ1) is 17.0. The zero-order chi connectivity index (χ0) is 17.0. The Bertz CT molecular complexity index is 704. The number of rotatable bonds is 3. The second-order valence-corrected chi connectivity index (χ2v) is 5.57. The molecule has 1 heterocycles. The summed E-state index contributed by atoms with van der Waals surface area (Å²) < 4.78 is 0. The topological polar surface area (TPSA) is 98.2 Å². The minimum absolute atomic E-state index is 0.185. The fraction of sp³-hybridized carbons (Fsp3) is 0.231. The van der Waals surface area contributed by atoms with Gasteiger partial charge in [0, 0.05) is 10.6 Å². The molecule has 0 unspecified atom stereocenters. The van der Waals surface area contributed by atoms with Gasteiger partial charge >= 0.3 is 12.1 Å². The number of urea groups is 2. The van der Waals surface area contributed by atoms with Crippen LogP contribution in [-0.2, 0) is 0 Å². The third-order valence-electron chi connectivity index (χ3n) is 2.86. The third-order valence-corrected chi connectivity index (χ3v) is 3.40. The van der Waals surface area contributed by atoms with Crippen molar-refractivity contribution in [2.24, 2.45) is 10.2 Å². The van der Waals surface area contributed by atoms with Gasteiger partial charge in [-0.1, -0.05) is 29.3 Å². The lowest BCUT2D eigenvalue weighted by Crippen LogP contribution is -2.56. The molecule has 0 atom stereocenters. The van der Waals surface area contributed by atoms with E-state index in [0.717, 1.165) is 5.01 Å². The van der Waals surface area contributed by atoms with Crippen LogP contribution in [0.1, 0.15) is 19.4 Å². The first-order valence-corrected chi connectivity index (χ1v) is 7.29. The Morgan fingerprint density at radius 1 is 1.43 bits per heavy atom. The van der Waals surface area contributed by atoms with Gasteiger partial charge in [-0.05, 0) is 26.0 Å². The number of nitrogens with zero attached hydrogens (tertiary/aromatic N) is 3. The summed E-state index contributed by atoms with van der Waals surface area (Å²) in [5.41, 5.74) is 8.68. The Morgan fingerprint density at radius 3 is 2.87 bits per heavy atom. The molecule has 0 bridgehead atoms. The first-order chi connectivity index (χ1) is 10.9. The van der Waals surface area contributed by atoms with Gasteiger partial charge < -0.3 is 0 Å². The van der Waals surface area contributed by atoms with Gasteiger partial charge in [0.25, 0.3) is 0 Å². The number of hydrogen-bond donors (Lipinski definition) is 3. The minimum Gasteiger partial charge on any atom is -0.245 e. The number of carbonyl (C=O) groups excluding carboxylic acids is 2. The first-order valence-electron chi connectivity index (χ1n) is 6.54. The molecular weight excluding hydrogens is 343 g/mol. The Balaban J connectivity index is 1.97. The van der Waals surface area contributed by atoms with Crippen LogP contribution in [0.25, 0.3) is 0 Å². The molecule has 10 heteroatoms. The van der Waals surface area contributed by atoms with Gasteiger partial charge in [0.05, 0.1) is 23.0 Å². The van der Waals surface area contributed by atoms with Gasteiger partial charge in [0.15, 0.2) is 0 Å². The quantitative estimate of drug-likeness (QED) is 0.572. The van der Waals surface area contributed by atoms with Crippen molar-refractivity contribution in [1.82, 2.24) is 21.3 Å². The zero-order valence-electron chi connectivity index (χ0n) is 12.4. The molecule has 1 aromatic rings. The molecule has 2 rings (SSSR count). The van der Waals surface area contributed by atoms with Crippen molar-refractivity contribution in [3.63, 3.8) is 0 Å². The molecular formula is C13H14Cl2N6O2. The predicted octanol–water partition coefficient (Wildman–Crippen LogP) is 2.33. The van der Waals surface area contributed by atoms with Gasteiger partial charge in [-0.15, -0.1) is 0 Å². The van der Waals surface area contributed by atoms with E-state index < -0.39 is 12.1 Å². The number of amides is 4. The fourth-order valence-electron chi connectivity index (χ4n) is 1.76. The third kappa shape index (κ3) is 4.57. The van der Waals surface area contributed by atoms with Gasteiger partial charge in [-0.2, -0.15) is 10.2 Å². The molecule has 0 saturated heterocycles. The molecule has 23 heavy (non-hydrogen) atoms. The Morgan fingerprint density at radius 2 is 2.17 bits per heavy atom. The number of carbonyl (C=O) groups is 2. The summed E-state index contributed by atoms with van der Waals surface area (Å²) in [4.78, 5) is 23.3. The van der Waals surface area contributed by atoms with Crippen LogP contribution in [0.4, 0.5) is 9.59 Å². The summed E-state index contributed by atoms with van der Waals surface area (Å²) in [6.07, 6.45) is 0. The fourth-order valence-corrected chi connectivity index (χ4v) is 2.30. The summed E-state index contributed by atoms with van der Waals surface area (Å²) >= 11 is 11.9. The van der Waals surface area contributed by atoms with E-state index in [0.29, 0.717) is 27.0 Å². The maximum absolute atomic E-state index is 11.8. The molecule has 8 nitrogen and oxygen atoms in total. The smallest absolute Gasteiger partial charge is 0.245 e. The molecule has 0 aromatic heterocycles. The molecule has 4 amide bonds. The van der Waals surface area contributed by atoms with Crippen molar-refractivity contribution in [2.45, 2.75) is 13.8 Å². The molecule has 0 spiro atoms. The molecule has 0 saturated carbocycles. The predicted molar refractivity (Wildman–Crippen MR) is 88.7 cm³/mol. The van der Waals surface area contributed by atoms with Gasteiger partial charge in [-0.25, -0.2) is 30.9 Å². The molecule has 3 N–H and O–H groups in total. The number of hydrazine groups is 1. The van der Waals surface area contributed by atoms with Crippen LogP contribution in [0.3, 0.4) is 0 Å². The molecule has 0 aliphatic carbocycles. The normalized spacial score (nSPS) is 15.0. The average Bonchev–Trinajstić information content (AvgIpc) is 2.48. The number of hydrogen-bond acceptors (Lipinski definition) is 4. The number of halogens is 2. The monoisotopic (exact) mass is 356 g/mol. The maximum Gasteiger partial charge on any atom is 0.356 e. The van der Waals surface area contributed by atoms with E-state index in [1.165, 1.54) is 0 Å². The van der Waals surface area contributed by atoms with E-state index in [1.807, 2.05) is 0 Å². The van der Waals surface area contributed by atoms with Crippen LogP contribution in [0.5, 0.6) is 0 Å². The summed E-state index contributed by atoms with van der Waals surface area (Å²) in [6, 6.07) is 3.74. The van der Waals surface area contributed by atoms with Crippen LogP contribution in [0.2, 0.25) is 10.0 Å². The van der Waals surface area contributed by atoms with E-state index in [4.69, 9.17) is 23.2 Å². The van der Waals surface area contributed by atoms with Crippen molar-refractivity contribution in [3.05, 3.63) is 33.8 Å². The van der Waals surface area contributed by atoms with Crippen LogP contribution in [0.15, 0.2) is 28.4 Å². The number of nitrogens with one attached hydrogen (secondary N) is 3. The Kier molecular flexibility index (Phi) is 5.41. The highest BCUT2D eigenvalue weighted by Gasteiger charge is 2.20. The van der Waals surface area contributed by atoms with Crippen LogP contribution in [-0.4, -0.2) is 35.0 Å². The lowest BCUT2D eigenvalue weighted by molar-refractivity contribution is 0.173. The molecule has 0 fully saturated rings. The Hall–Kier alpha value is -2.32. The summed E-state index contributed by atoms with van der Waals surface area (Å²) in [6.45, 7) is 3.58. The van der Waals surface area contributed by atoms with E-state index in [9.17, 15) is 9.59 Å². The van der Waals surface area contributed by atoms with E-state index >= 15 is 0 Å². The lowest BCUT2D eigenvalue weighted by atomic mass is 10.1. The van der Waals surface area contributed by atoms with Gasteiger partial charge in [-0.3, -0.25) is 0 Å². The van der Waals surface area contributed by atoms with Crippen molar-refractivity contribution in [3.8, 4) is 0 Å². The molecule has 0 radical (unpaired) electrons. The highest BCUT2D eigenvalue weighted by atomic mass is 35.5. The summed E-state index contributed by atoms with van der Waals surface area (Å²) in [5.74, 6) is 0. The largest absolute Gasteiger partial charge is 0.356 e. The van der Waals surface area contributed by atoms with Gasteiger partial charge in [0.2, 0.25) is 0 Å². The van der Waals surface area contributed by atoms with Crippen molar-refractivity contribution in [1.29, 1.82) is 0 Å². The second-order valence-electron chi connectivity index (χ2n) is 4.72. The summed E-state index contributed by atoms with van der Waals surface area (Å²) in [7, 11) is 0. The van der Waals surface area contributed by atoms with Crippen LogP contribution >= 0.6 is 23.2 Å². The lowest BCUT2D eigenvalue weighted by Gasteiger charge is -2.25.